The van der Waals surface area contributed by atoms with Crippen molar-refractivity contribution in [3.05, 3.63) is 76.8 Å². The molecule has 0 aliphatic carbocycles. The van der Waals surface area contributed by atoms with Gasteiger partial charge in [0.05, 0.1) is 23.6 Å². The molecule has 0 atom stereocenters. The van der Waals surface area contributed by atoms with Crippen molar-refractivity contribution >= 4 is 22.8 Å². The molecule has 0 spiro atoms. The van der Waals surface area contributed by atoms with Crippen molar-refractivity contribution < 1.29 is 15.7 Å². The minimum Gasteiger partial charge on any atom is -0.496 e. The van der Waals surface area contributed by atoms with Crippen molar-refractivity contribution in [1.29, 1.82) is 0 Å². The van der Waals surface area contributed by atoms with E-state index >= 15 is 0 Å². The van der Waals surface area contributed by atoms with Crippen LogP contribution in [-0.4, -0.2) is 33.0 Å². The third kappa shape index (κ3) is 3.91. The summed E-state index contributed by atoms with van der Waals surface area (Å²) < 4.78 is 12.9. The van der Waals surface area contributed by atoms with Crippen LogP contribution in [0.3, 0.4) is 0 Å². The number of aromatic nitrogens is 3. The van der Waals surface area contributed by atoms with E-state index in [1.54, 1.807) is 29.0 Å². The lowest BCUT2D eigenvalue weighted by Gasteiger charge is -2.14. The van der Waals surface area contributed by atoms with E-state index in [2.05, 4.69) is 15.3 Å². The van der Waals surface area contributed by atoms with Gasteiger partial charge < -0.3 is 24.2 Å². The predicted molar refractivity (Wildman–Crippen MR) is 111 cm³/mol. The Morgan fingerprint density at radius 1 is 1.41 bits per heavy atom. The van der Waals surface area contributed by atoms with Crippen LogP contribution in [0.5, 0.6) is 5.75 Å². The van der Waals surface area contributed by atoms with Crippen LogP contribution in [0.2, 0.25) is 0 Å². The molecule has 8 heteroatoms. The van der Waals surface area contributed by atoms with Crippen molar-refractivity contribution in [1.82, 2.24) is 14.4 Å². The summed E-state index contributed by atoms with van der Waals surface area (Å²) in [7, 11) is 0. The van der Waals surface area contributed by atoms with Crippen molar-refractivity contribution in [2.24, 2.45) is 0 Å². The van der Waals surface area contributed by atoms with Gasteiger partial charge in [-0.3, -0.25) is 9.59 Å². The molecular weight excluding hydrogens is 372 g/mol. The summed E-state index contributed by atoms with van der Waals surface area (Å²) in [6.45, 7) is 4.18. The number of anilines is 1. The Balaban J connectivity index is 0.00000256. The third-order valence-corrected chi connectivity index (χ3v) is 4.27. The number of amides is 1. The zero-order valence-corrected chi connectivity index (χ0v) is 16.0. The smallest absolute Gasteiger partial charge is 0.271 e. The number of ether oxygens (including phenoxy) is 2. The van der Waals surface area contributed by atoms with Gasteiger partial charge in [-0.2, -0.15) is 0 Å². The molecule has 0 fully saturated rings. The Bertz CT molecular complexity index is 1190. The lowest BCUT2D eigenvalue weighted by molar-refractivity contribution is 0.102. The Kier molecular flexibility index (Phi) is 4.90. The lowest BCUT2D eigenvalue weighted by atomic mass is 10.2. The summed E-state index contributed by atoms with van der Waals surface area (Å²) in [5.41, 5.74) is 2.41. The highest BCUT2D eigenvalue weighted by Gasteiger charge is 2.19. The van der Waals surface area contributed by atoms with Crippen LogP contribution in [0.1, 0.15) is 31.3 Å². The molecule has 8 nitrogen and oxygen atoms in total. The molecule has 0 saturated carbocycles. The minimum atomic E-state index is -0.447. The summed E-state index contributed by atoms with van der Waals surface area (Å²) in [6.07, 6.45) is 10.2. The fourth-order valence-electron chi connectivity index (χ4n) is 2.96. The number of carbonyl (C=O) groups excluding carboxylic acids is 1. The Hall–Kier alpha value is -3.81. The van der Waals surface area contributed by atoms with Gasteiger partial charge in [0.15, 0.2) is 0 Å². The third-order valence-electron chi connectivity index (χ3n) is 4.27. The molecule has 0 aromatic carbocycles. The van der Waals surface area contributed by atoms with Crippen LogP contribution in [0.4, 0.5) is 5.69 Å². The van der Waals surface area contributed by atoms with Gasteiger partial charge in [-0.15, -0.1) is 0 Å². The van der Waals surface area contributed by atoms with Crippen LogP contribution < -0.4 is 15.6 Å². The Labute approximate surface area is 168 Å². The maximum Gasteiger partial charge on any atom is 0.271 e. The average Bonchev–Trinajstić information content (AvgIpc) is 3.12. The molecule has 1 aliphatic heterocycles. The van der Waals surface area contributed by atoms with E-state index < -0.39 is 5.91 Å². The predicted octanol–water partition coefficient (Wildman–Crippen LogP) is 3.24. The van der Waals surface area contributed by atoms with E-state index in [1.165, 1.54) is 12.3 Å². The summed E-state index contributed by atoms with van der Waals surface area (Å²) in [5, 5.41) is 2.64. The number of carbonyl (C=O) groups is 1. The maximum atomic E-state index is 12.9. The molecule has 0 saturated heterocycles. The van der Waals surface area contributed by atoms with Crippen molar-refractivity contribution in [3.63, 3.8) is 0 Å². The summed E-state index contributed by atoms with van der Waals surface area (Å²) in [5.74, 6) is -0.0547. The molecule has 4 rings (SSSR count). The number of imidazole rings is 1. The van der Waals surface area contributed by atoms with E-state index in [0.29, 0.717) is 23.6 Å². The van der Waals surface area contributed by atoms with Gasteiger partial charge in [-0.25, -0.2) is 4.98 Å². The highest BCUT2D eigenvalue weighted by atomic mass is 16.5. The minimum absolute atomic E-state index is 0. The molecule has 3 aromatic heterocycles. The quantitative estimate of drug-likeness (QED) is 0.692. The summed E-state index contributed by atoms with van der Waals surface area (Å²) >= 11 is 0. The number of aromatic amines is 1. The molecule has 3 aromatic rings. The second kappa shape index (κ2) is 7.67. The van der Waals surface area contributed by atoms with E-state index in [0.717, 1.165) is 11.3 Å². The second-order valence-electron chi connectivity index (χ2n) is 6.81. The molecule has 0 bridgehead atoms. The second-order valence-corrected chi connectivity index (χ2v) is 6.81. The van der Waals surface area contributed by atoms with E-state index in [1.807, 2.05) is 32.2 Å². The van der Waals surface area contributed by atoms with Gasteiger partial charge in [-0.05, 0) is 32.1 Å². The Morgan fingerprint density at radius 3 is 3.00 bits per heavy atom. The highest BCUT2D eigenvalue weighted by Crippen LogP contribution is 2.25. The first-order valence-electron chi connectivity index (χ1n) is 9.17. The number of hydrogen-bond acceptors (Lipinski definition) is 5. The fourth-order valence-corrected chi connectivity index (χ4v) is 2.96. The number of nitrogens with zero attached hydrogens (tertiary/aromatic N) is 2. The average molecular weight is 394 g/mol. The lowest BCUT2D eigenvalue weighted by Crippen LogP contribution is -2.21. The number of fused-ring (bicyclic) bond motifs is 1. The molecule has 0 radical (unpaired) electrons. The van der Waals surface area contributed by atoms with E-state index in [-0.39, 0.29) is 18.8 Å². The van der Waals surface area contributed by atoms with Crippen LogP contribution in [0, 0.1) is 0 Å². The molecule has 4 heterocycles. The van der Waals surface area contributed by atoms with Gasteiger partial charge in [0.1, 0.15) is 23.7 Å². The molecule has 2 N–H and O–H groups in total. The fraction of sp³-hybridized carbons (Fsp3) is 0.190. The van der Waals surface area contributed by atoms with Gasteiger partial charge in [0, 0.05) is 31.7 Å². The zero-order valence-electron chi connectivity index (χ0n) is 16.0. The highest BCUT2D eigenvalue weighted by molar-refractivity contribution is 6.06. The first-order chi connectivity index (χ1) is 14.0. The van der Waals surface area contributed by atoms with Gasteiger partial charge in [0.25, 0.3) is 11.5 Å². The number of nitrogens with one attached hydrogen (secondary N) is 2. The normalized spacial score (nSPS) is 13.3. The van der Waals surface area contributed by atoms with Crippen molar-refractivity contribution in [2.75, 3.05) is 11.9 Å². The summed E-state index contributed by atoms with van der Waals surface area (Å²) in [6, 6.07) is 4.90. The molecule has 29 heavy (non-hydrogen) atoms. The largest absolute Gasteiger partial charge is 0.496 e. The molecule has 0 unspecified atom stereocenters. The first-order valence-corrected chi connectivity index (χ1v) is 9.17. The monoisotopic (exact) mass is 394 g/mol. The van der Waals surface area contributed by atoms with Crippen molar-refractivity contribution in [3.8, 4) is 5.75 Å². The van der Waals surface area contributed by atoms with Gasteiger partial charge in [-0.1, -0.05) is 6.08 Å². The first kappa shape index (κ1) is 18.5. The number of hydrogen-bond donors (Lipinski definition) is 2. The van der Waals surface area contributed by atoms with E-state index in [9.17, 15) is 9.59 Å². The number of allylic oxidation sites excluding steroid dienone is 2. The summed E-state index contributed by atoms with van der Waals surface area (Å²) in [4.78, 5) is 32.0. The maximum absolute atomic E-state index is 12.9. The van der Waals surface area contributed by atoms with Crippen LogP contribution in [0.25, 0.3) is 11.2 Å². The molecule has 1 amide bonds. The van der Waals surface area contributed by atoms with Crippen LogP contribution in [0.15, 0.2) is 60.0 Å². The van der Waals surface area contributed by atoms with E-state index in [4.69, 9.17) is 9.47 Å². The zero-order chi connectivity index (χ0) is 20.4. The van der Waals surface area contributed by atoms with Gasteiger partial charge in [0.2, 0.25) is 0 Å². The molecule has 150 valence electrons. The van der Waals surface area contributed by atoms with Gasteiger partial charge >= 0.3 is 0 Å². The topological polar surface area (TPSA) is 97.7 Å². The molecular formula is C21H22N4O4. The SMILES string of the molecule is CC(C)Oc1cc2nc(C3=CC=COC3)cn2cc1C(=O)Nc1ccc[nH]c1=O.[HH]. The van der Waals surface area contributed by atoms with Crippen LogP contribution in [-0.2, 0) is 4.74 Å². The number of rotatable bonds is 5. The van der Waals surface area contributed by atoms with Crippen molar-refractivity contribution in [2.45, 2.75) is 20.0 Å². The number of H-pyrrole nitrogens is 1. The standard InChI is InChI=1S/C21H20N4O4.H2/c1-13(2)29-18-9-19-23-17(14-5-4-8-28-12-14)11-25(19)10-15(18)20(26)24-16-6-3-7-22-21(16)27;/h3-11,13H,12H2,1-2H3,(H,22,27)(H,24,26);1H. The molecule has 1 aliphatic rings. The Morgan fingerprint density at radius 2 is 2.28 bits per heavy atom. The number of pyridine rings is 2. The van der Waals surface area contributed by atoms with Crippen LogP contribution >= 0.6 is 0 Å².